The number of carbonyl (C=O) groups is 1. The van der Waals surface area contributed by atoms with Crippen LogP contribution in [0.3, 0.4) is 0 Å². The number of carbonyl (C=O) groups excluding carboxylic acids is 1. The maximum absolute atomic E-state index is 11.6. The zero-order chi connectivity index (χ0) is 16.1. The molecule has 128 valence electrons. The highest BCUT2D eigenvalue weighted by molar-refractivity contribution is 5.81. The normalized spacial score (nSPS) is 37.7. The molecule has 1 amide bonds. The van der Waals surface area contributed by atoms with Crippen molar-refractivity contribution in [3.8, 4) is 0 Å². The summed E-state index contributed by atoms with van der Waals surface area (Å²) in [5.41, 5.74) is 5.91. The van der Waals surface area contributed by atoms with Crippen LogP contribution in [0.5, 0.6) is 0 Å². The Bertz CT molecular complexity index is 486. The second kappa shape index (κ2) is 5.57. The summed E-state index contributed by atoms with van der Waals surface area (Å²) in [6.45, 7) is 8.57. The molecule has 4 aliphatic rings. The maximum Gasteiger partial charge on any atom is 0.221 e. The summed E-state index contributed by atoms with van der Waals surface area (Å²) in [6, 6.07) is 0. The number of primary amides is 1. The molecule has 4 rings (SSSR count). The number of nitrogens with zero attached hydrogens (tertiary/aromatic N) is 1. The lowest BCUT2D eigenvalue weighted by molar-refractivity contribution is -0.185. The van der Waals surface area contributed by atoms with E-state index in [2.05, 4.69) is 11.5 Å². The molecular formula is C18H28N2O3. The first kappa shape index (κ1) is 15.6. The van der Waals surface area contributed by atoms with E-state index in [1.807, 2.05) is 6.08 Å². The number of piperidine rings is 1. The molecule has 23 heavy (non-hydrogen) atoms. The molecular weight excluding hydrogens is 292 g/mol. The average molecular weight is 320 g/mol. The number of nitrogens with two attached hydrogens (primary N) is 1. The van der Waals surface area contributed by atoms with Gasteiger partial charge in [-0.15, -0.1) is 6.58 Å². The van der Waals surface area contributed by atoms with E-state index in [1.54, 1.807) is 0 Å². The predicted octanol–water partition coefficient (Wildman–Crippen LogP) is 1.53. The Balaban J connectivity index is 1.28. The van der Waals surface area contributed by atoms with Gasteiger partial charge < -0.3 is 20.1 Å². The monoisotopic (exact) mass is 320 g/mol. The number of rotatable bonds is 6. The summed E-state index contributed by atoms with van der Waals surface area (Å²) in [7, 11) is 0. The van der Waals surface area contributed by atoms with Crippen LogP contribution in [0.2, 0.25) is 0 Å². The van der Waals surface area contributed by atoms with Crippen LogP contribution in [0.25, 0.3) is 0 Å². The number of hydrogen-bond acceptors (Lipinski definition) is 4. The minimum absolute atomic E-state index is 0.0416. The van der Waals surface area contributed by atoms with Crippen molar-refractivity contribution in [2.45, 2.75) is 37.9 Å². The molecule has 4 fully saturated rings. The maximum atomic E-state index is 11.6. The number of amides is 1. The second-order valence-electron chi connectivity index (χ2n) is 7.83. The van der Waals surface area contributed by atoms with Gasteiger partial charge in [-0.3, -0.25) is 4.79 Å². The van der Waals surface area contributed by atoms with Crippen LogP contribution in [-0.4, -0.2) is 49.4 Å². The Morgan fingerprint density at radius 1 is 1.22 bits per heavy atom. The van der Waals surface area contributed by atoms with Crippen molar-refractivity contribution in [1.82, 2.24) is 4.90 Å². The van der Waals surface area contributed by atoms with Crippen molar-refractivity contribution < 1.29 is 14.3 Å². The molecule has 1 unspecified atom stereocenters. The number of ether oxygens (including phenoxy) is 2. The molecule has 2 saturated heterocycles. The fourth-order valence-electron chi connectivity index (χ4n) is 4.98. The van der Waals surface area contributed by atoms with Gasteiger partial charge in [-0.05, 0) is 43.1 Å². The van der Waals surface area contributed by atoms with E-state index in [1.165, 1.54) is 19.3 Å². The minimum atomic E-state index is -0.282. The molecule has 1 spiro atoms. The number of allylic oxidation sites excluding steroid dienone is 1. The largest absolute Gasteiger partial charge is 0.369 e. The highest BCUT2D eigenvalue weighted by atomic mass is 16.7. The van der Waals surface area contributed by atoms with Gasteiger partial charge in [0, 0.05) is 31.8 Å². The Morgan fingerprint density at radius 2 is 1.87 bits per heavy atom. The first-order valence-electron chi connectivity index (χ1n) is 9.01. The molecule has 0 bridgehead atoms. The lowest BCUT2D eigenvalue weighted by atomic mass is 9.92. The van der Waals surface area contributed by atoms with E-state index in [4.69, 9.17) is 15.2 Å². The van der Waals surface area contributed by atoms with Crippen molar-refractivity contribution in [3.05, 3.63) is 12.7 Å². The highest BCUT2D eigenvalue weighted by Crippen LogP contribution is 2.69. The first-order chi connectivity index (χ1) is 11.1. The SMILES string of the molecule is C=C[C@@H]1C(C2(CCN3CCC4(CC3)OCCO4)CC2)[C@H]1C(N)=O. The van der Waals surface area contributed by atoms with Gasteiger partial charge in [-0.1, -0.05) is 6.08 Å². The van der Waals surface area contributed by atoms with E-state index in [0.29, 0.717) is 17.3 Å². The van der Waals surface area contributed by atoms with Gasteiger partial charge in [0.25, 0.3) is 0 Å². The Morgan fingerprint density at radius 3 is 2.35 bits per heavy atom. The van der Waals surface area contributed by atoms with Gasteiger partial charge in [-0.2, -0.15) is 0 Å². The summed E-state index contributed by atoms with van der Waals surface area (Å²) in [5, 5.41) is 0. The fourth-order valence-corrected chi connectivity index (χ4v) is 4.98. The third kappa shape index (κ3) is 2.73. The summed E-state index contributed by atoms with van der Waals surface area (Å²) < 4.78 is 11.6. The minimum Gasteiger partial charge on any atom is -0.369 e. The van der Waals surface area contributed by atoms with Crippen LogP contribution in [0.15, 0.2) is 12.7 Å². The molecule has 0 radical (unpaired) electrons. The quantitative estimate of drug-likeness (QED) is 0.754. The summed E-state index contributed by atoms with van der Waals surface area (Å²) in [4.78, 5) is 14.1. The van der Waals surface area contributed by atoms with E-state index in [9.17, 15) is 4.79 Å². The third-order valence-electron chi connectivity index (χ3n) is 6.63. The molecule has 2 N–H and O–H groups in total. The summed E-state index contributed by atoms with van der Waals surface area (Å²) in [5.74, 6) is 0.395. The molecule has 3 atom stereocenters. The van der Waals surface area contributed by atoms with E-state index >= 15 is 0 Å². The Kier molecular flexibility index (Phi) is 3.78. The zero-order valence-corrected chi connectivity index (χ0v) is 13.8. The fraction of sp³-hybridized carbons (Fsp3) is 0.833. The molecule has 2 heterocycles. The van der Waals surface area contributed by atoms with Crippen LogP contribution in [-0.2, 0) is 14.3 Å². The lowest BCUT2D eigenvalue weighted by Gasteiger charge is -2.38. The standard InChI is InChI=1S/C18H28N2O3/c1-2-13-14(16(19)21)15(13)17(3-4-17)5-8-20-9-6-18(7-10-20)22-11-12-23-18/h2,13-15H,1,3-12H2,(H2,19,21)/t13-,14-,15?/m0/s1. The molecule has 2 saturated carbocycles. The summed E-state index contributed by atoms with van der Waals surface area (Å²) >= 11 is 0. The smallest absolute Gasteiger partial charge is 0.221 e. The van der Waals surface area contributed by atoms with E-state index in [0.717, 1.165) is 45.7 Å². The van der Waals surface area contributed by atoms with Crippen molar-refractivity contribution in [3.63, 3.8) is 0 Å². The third-order valence-corrected chi connectivity index (χ3v) is 6.63. The number of hydrogen-bond donors (Lipinski definition) is 1. The van der Waals surface area contributed by atoms with Gasteiger partial charge >= 0.3 is 0 Å². The molecule has 0 aromatic heterocycles. The van der Waals surface area contributed by atoms with E-state index in [-0.39, 0.29) is 17.6 Å². The lowest BCUT2D eigenvalue weighted by Crippen LogP contribution is -2.45. The van der Waals surface area contributed by atoms with Crippen LogP contribution < -0.4 is 5.73 Å². The van der Waals surface area contributed by atoms with Crippen molar-refractivity contribution in [1.29, 1.82) is 0 Å². The van der Waals surface area contributed by atoms with Crippen LogP contribution >= 0.6 is 0 Å². The van der Waals surface area contributed by atoms with Gasteiger partial charge in [0.15, 0.2) is 5.79 Å². The highest BCUT2D eigenvalue weighted by Gasteiger charge is 2.66. The van der Waals surface area contributed by atoms with Crippen molar-refractivity contribution >= 4 is 5.91 Å². The topological polar surface area (TPSA) is 64.8 Å². The molecule has 0 aromatic carbocycles. The Hall–Kier alpha value is -0.910. The molecule has 2 aliphatic heterocycles. The van der Waals surface area contributed by atoms with Crippen LogP contribution in [0.4, 0.5) is 0 Å². The van der Waals surface area contributed by atoms with Crippen LogP contribution in [0.1, 0.15) is 32.1 Å². The van der Waals surface area contributed by atoms with E-state index < -0.39 is 0 Å². The average Bonchev–Trinajstić information content (AvgIpc) is 3.43. The first-order valence-corrected chi connectivity index (χ1v) is 9.01. The van der Waals surface area contributed by atoms with Gasteiger partial charge in [-0.25, -0.2) is 0 Å². The molecule has 2 aliphatic carbocycles. The van der Waals surface area contributed by atoms with Crippen LogP contribution in [0, 0.1) is 23.2 Å². The zero-order valence-electron chi connectivity index (χ0n) is 13.8. The second-order valence-corrected chi connectivity index (χ2v) is 7.83. The molecule has 5 heteroatoms. The van der Waals surface area contributed by atoms with Crippen molar-refractivity contribution in [2.75, 3.05) is 32.8 Å². The molecule has 5 nitrogen and oxygen atoms in total. The Labute approximate surface area is 138 Å². The van der Waals surface area contributed by atoms with Gasteiger partial charge in [0.05, 0.1) is 13.2 Å². The van der Waals surface area contributed by atoms with Gasteiger partial charge in [0.2, 0.25) is 5.91 Å². The van der Waals surface area contributed by atoms with Crippen molar-refractivity contribution in [2.24, 2.45) is 28.9 Å². The number of likely N-dealkylation sites (tertiary alicyclic amines) is 1. The predicted molar refractivity (Wildman–Crippen MR) is 86.5 cm³/mol. The van der Waals surface area contributed by atoms with Gasteiger partial charge in [0.1, 0.15) is 0 Å². The summed E-state index contributed by atoms with van der Waals surface area (Å²) in [6.07, 6.45) is 7.57. The molecule has 0 aromatic rings.